The highest BCUT2D eigenvalue weighted by Gasteiger charge is 2.53. The number of aromatic nitrogens is 4. The second-order valence-corrected chi connectivity index (χ2v) is 12.5. The molecule has 4 saturated carbocycles. The summed E-state index contributed by atoms with van der Waals surface area (Å²) in [7, 11) is 0. The van der Waals surface area contributed by atoms with E-state index in [2.05, 4.69) is 38.0 Å². The third kappa shape index (κ3) is 4.68. The van der Waals surface area contributed by atoms with Gasteiger partial charge in [0.2, 0.25) is 5.91 Å². The molecular weight excluding hydrogens is 454 g/mol. The molecule has 2 heterocycles. The Labute approximate surface area is 213 Å². The molecule has 2 aromatic heterocycles. The molecule has 8 heteroatoms. The van der Waals surface area contributed by atoms with Crippen molar-refractivity contribution < 1.29 is 4.79 Å². The van der Waals surface area contributed by atoms with E-state index in [1.54, 1.807) is 4.57 Å². The van der Waals surface area contributed by atoms with Crippen LogP contribution >= 0.6 is 0 Å². The van der Waals surface area contributed by atoms with Crippen LogP contribution in [-0.2, 0) is 24.3 Å². The predicted molar refractivity (Wildman–Crippen MR) is 141 cm³/mol. The van der Waals surface area contributed by atoms with E-state index in [1.807, 2.05) is 4.57 Å². The van der Waals surface area contributed by atoms with Crippen molar-refractivity contribution in [3.8, 4) is 0 Å². The van der Waals surface area contributed by atoms with Gasteiger partial charge in [0.25, 0.3) is 5.56 Å². The van der Waals surface area contributed by atoms with E-state index < -0.39 is 11.2 Å². The lowest BCUT2D eigenvalue weighted by Crippen LogP contribution is -2.55. The van der Waals surface area contributed by atoms with Gasteiger partial charge in [0.1, 0.15) is 5.82 Å². The number of imidazole rings is 1. The largest absolute Gasteiger partial charge is 0.353 e. The number of fused-ring (bicyclic) bond motifs is 1. The first kappa shape index (κ1) is 25.3. The molecule has 0 aliphatic heterocycles. The average molecular weight is 498 g/mol. The van der Waals surface area contributed by atoms with Crippen LogP contribution in [0.25, 0.3) is 11.2 Å². The van der Waals surface area contributed by atoms with Crippen LogP contribution in [-0.4, -0.2) is 31.1 Å². The molecule has 8 nitrogen and oxygen atoms in total. The molecule has 0 saturated heterocycles. The van der Waals surface area contributed by atoms with Crippen molar-refractivity contribution in [2.24, 2.45) is 29.1 Å². The Morgan fingerprint density at radius 2 is 1.72 bits per heavy atom. The maximum Gasteiger partial charge on any atom is 0.330 e. The highest BCUT2D eigenvalue weighted by molar-refractivity contribution is 5.77. The minimum Gasteiger partial charge on any atom is -0.353 e. The summed E-state index contributed by atoms with van der Waals surface area (Å²) in [5.41, 5.74) is 0.343. The summed E-state index contributed by atoms with van der Waals surface area (Å²) in [6.45, 7) is 9.61. The number of aromatic amines is 1. The van der Waals surface area contributed by atoms with Crippen molar-refractivity contribution in [2.45, 2.75) is 111 Å². The molecular formula is C28H43N5O3. The normalized spacial score (nSPS) is 27.8. The minimum atomic E-state index is -0.413. The molecule has 2 aromatic rings. The number of amides is 1. The van der Waals surface area contributed by atoms with E-state index in [-0.39, 0.29) is 17.4 Å². The number of rotatable bonds is 10. The molecule has 0 spiro atoms. The van der Waals surface area contributed by atoms with Crippen molar-refractivity contribution in [1.82, 2.24) is 24.4 Å². The van der Waals surface area contributed by atoms with Gasteiger partial charge in [0.15, 0.2) is 11.2 Å². The molecule has 1 unspecified atom stereocenters. The van der Waals surface area contributed by atoms with Crippen LogP contribution in [0.5, 0.6) is 0 Å². The smallest absolute Gasteiger partial charge is 0.330 e. The molecule has 4 aliphatic carbocycles. The number of nitrogens with zero attached hydrogens (tertiary/aromatic N) is 3. The summed E-state index contributed by atoms with van der Waals surface area (Å²) in [5, 5.41) is 3.36. The summed E-state index contributed by atoms with van der Waals surface area (Å²) < 4.78 is 3.51. The van der Waals surface area contributed by atoms with Gasteiger partial charge >= 0.3 is 5.69 Å². The molecule has 4 aliphatic rings. The van der Waals surface area contributed by atoms with Gasteiger partial charge in [-0.15, -0.1) is 0 Å². The number of unbranched alkanes of at least 4 members (excludes halogenated alkanes) is 1. The van der Waals surface area contributed by atoms with Crippen LogP contribution in [0.2, 0.25) is 0 Å². The van der Waals surface area contributed by atoms with Crippen molar-refractivity contribution in [3.05, 3.63) is 26.7 Å². The van der Waals surface area contributed by atoms with Gasteiger partial charge in [-0.3, -0.25) is 19.1 Å². The van der Waals surface area contributed by atoms with Gasteiger partial charge in [0.05, 0.1) is 0 Å². The number of hydrogen-bond donors (Lipinski definition) is 2. The Kier molecular flexibility index (Phi) is 6.90. The average Bonchev–Trinajstić information content (AvgIpc) is 3.14. The van der Waals surface area contributed by atoms with E-state index in [0.717, 1.165) is 30.6 Å². The van der Waals surface area contributed by atoms with Crippen LogP contribution in [0.1, 0.15) is 91.3 Å². The first-order valence-electron chi connectivity index (χ1n) is 14.2. The van der Waals surface area contributed by atoms with E-state index in [4.69, 9.17) is 4.98 Å². The zero-order valence-electron chi connectivity index (χ0n) is 22.4. The molecule has 0 radical (unpaired) electrons. The molecule has 4 bridgehead atoms. The molecule has 2 N–H and O–H groups in total. The first-order valence-corrected chi connectivity index (χ1v) is 14.2. The maximum atomic E-state index is 13.1. The Bertz CT molecular complexity index is 1200. The summed E-state index contributed by atoms with van der Waals surface area (Å²) in [5.74, 6) is 3.62. The van der Waals surface area contributed by atoms with Crippen LogP contribution in [0.3, 0.4) is 0 Å². The quantitative estimate of drug-likeness (QED) is 0.518. The number of nitrogens with one attached hydrogen (secondary N) is 2. The molecule has 36 heavy (non-hydrogen) atoms. The van der Waals surface area contributed by atoms with Crippen molar-refractivity contribution in [1.29, 1.82) is 0 Å². The monoisotopic (exact) mass is 497 g/mol. The third-order valence-corrected chi connectivity index (χ3v) is 9.20. The topological polar surface area (TPSA) is 102 Å². The molecule has 1 atom stereocenters. The highest BCUT2D eigenvalue weighted by atomic mass is 16.2. The molecule has 6 rings (SSSR count). The Morgan fingerprint density at radius 3 is 2.31 bits per heavy atom. The number of hydrogen-bond acceptors (Lipinski definition) is 4. The van der Waals surface area contributed by atoms with Crippen LogP contribution in [0.15, 0.2) is 9.59 Å². The standard InChI is InChI=1S/C28H43N5O3/c1-5-6-9-32-25-24(26(35)31-27(32)36)33(16-17(2)3)22(30-25)7-8-23(34)29-18(4)28-13-19-10-20(14-28)12-21(11-19)15-28/h17-21H,5-16H2,1-4H3,(H,29,34)(H,31,35,36). The highest BCUT2D eigenvalue weighted by Crippen LogP contribution is 2.61. The zero-order valence-corrected chi connectivity index (χ0v) is 22.4. The first-order chi connectivity index (χ1) is 17.2. The van der Waals surface area contributed by atoms with Gasteiger partial charge in [0, 0.05) is 32.0 Å². The lowest BCUT2D eigenvalue weighted by Gasteiger charge is -2.59. The second kappa shape index (κ2) is 9.82. The Balaban J connectivity index is 1.34. The van der Waals surface area contributed by atoms with Gasteiger partial charge in [-0.05, 0) is 81.0 Å². The van der Waals surface area contributed by atoms with Gasteiger partial charge in [-0.1, -0.05) is 27.2 Å². The SMILES string of the molecule is CCCCn1c(=O)[nH]c(=O)c2c1nc(CCC(=O)NC(C)C13CC4CC(CC(C4)C1)C3)n2CC(C)C. The Morgan fingerprint density at radius 1 is 1.08 bits per heavy atom. The molecule has 4 fully saturated rings. The molecule has 1 amide bonds. The van der Waals surface area contributed by atoms with Crippen molar-refractivity contribution in [2.75, 3.05) is 0 Å². The fourth-order valence-corrected chi connectivity index (χ4v) is 7.89. The number of aryl methyl sites for hydroxylation is 2. The van der Waals surface area contributed by atoms with E-state index in [1.165, 1.54) is 38.5 Å². The summed E-state index contributed by atoms with van der Waals surface area (Å²) in [4.78, 5) is 45.8. The third-order valence-electron chi connectivity index (χ3n) is 9.20. The van der Waals surface area contributed by atoms with Crippen LogP contribution < -0.4 is 16.6 Å². The fraction of sp³-hybridized carbons (Fsp3) is 0.786. The van der Waals surface area contributed by atoms with Crippen LogP contribution in [0.4, 0.5) is 0 Å². The predicted octanol–water partition coefficient (Wildman–Crippen LogP) is 4.00. The summed E-state index contributed by atoms with van der Waals surface area (Å²) in [6, 6.07) is 0.190. The fourth-order valence-electron chi connectivity index (χ4n) is 7.89. The minimum absolute atomic E-state index is 0.0543. The van der Waals surface area contributed by atoms with E-state index >= 15 is 0 Å². The van der Waals surface area contributed by atoms with Crippen LogP contribution in [0, 0.1) is 29.1 Å². The number of carbonyl (C=O) groups excluding carboxylic acids is 1. The van der Waals surface area contributed by atoms with Crippen molar-refractivity contribution in [3.63, 3.8) is 0 Å². The van der Waals surface area contributed by atoms with E-state index in [9.17, 15) is 14.4 Å². The van der Waals surface area contributed by atoms with E-state index in [0.29, 0.717) is 48.8 Å². The number of carbonyl (C=O) groups is 1. The molecule has 198 valence electrons. The summed E-state index contributed by atoms with van der Waals surface area (Å²) >= 11 is 0. The second-order valence-electron chi connectivity index (χ2n) is 12.5. The lowest BCUT2D eigenvalue weighted by atomic mass is 9.48. The van der Waals surface area contributed by atoms with Gasteiger partial charge in [-0.25, -0.2) is 9.78 Å². The zero-order chi connectivity index (χ0) is 25.6. The summed E-state index contributed by atoms with van der Waals surface area (Å²) in [6.07, 6.45) is 10.5. The lowest BCUT2D eigenvalue weighted by molar-refractivity contribution is -0.125. The molecule has 0 aromatic carbocycles. The maximum absolute atomic E-state index is 13.1. The van der Waals surface area contributed by atoms with Crippen molar-refractivity contribution >= 4 is 17.1 Å². The number of H-pyrrole nitrogens is 1. The van der Waals surface area contributed by atoms with Gasteiger partial charge < -0.3 is 9.88 Å². The Hall–Kier alpha value is -2.38. The van der Waals surface area contributed by atoms with Gasteiger partial charge in [-0.2, -0.15) is 0 Å².